The molecule has 0 spiro atoms. The number of aromatic nitrogens is 3. The monoisotopic (exact) mass is 597 g/mol. The molecule has 0 fully saturated rings. The molecule has 4 heteroatoms. The van der Waals surface area contributed by atoms with Gasteiger partial charge in [0.2, 0.25) is 0 Å². The largest absolute Gasteiger partial charge is 0.309 e. The highest BCUT2D eigenvalue weighted by molar-refractivity contribution is 7.20. The zero-order chi connectivity index (χ0) is 30.3. The fourth-order valence-electron chi connectivity index (χ4n) is 6.54. The van der Waals surface area contributed by atoms with E-state index in [0.717, 1.165) is 40.4 Å². The highest BCUT2D eigenvalue weighted by Gasteiger charge is 2.24. The Hall–Kier alpha value is -5.32. The molecule has 216 valence electrons. The summed E-state index contributed by atoms with van der Waals surface area (Å²) in [6.45, 7) is 4.00. The Kier molecular flexibility index (Phi) is 6.85. The van der Waals surface area contributed by atoms with Gasteiger partial charge in [0.15, 0.2) is 5.82 Å². The van der Waals surface area contributed by atoms with Gasteiger partial charge in [0.25, 0.3) is 0 Å². The van der Waals surface area contributed by atoms with Gasteiger partial charge in [-0.25, -0.2) is 9.97 Å². The van der Waals surface area contributed by atoms with Gasteiger partial charge in [0.05, 0.1) is 22.4 Å². The summed E-state index contributed by atoms with van der Waals surface area (Å²) < 4.78 is 3.63. The number of fused-ring (bicyclic) bond motifs is 8. The van der Waals surface area contributed by atoms with Crippen molar-refractivity contribution in [2.75, 3.05) is 0 Å². The number of para-hydroxylation sites is 2. The molecule has 45 heavy (non-hydrogen) atoms. The van der Waals surface area contributed by atoms with Crippen molar-refractivity contribution in [2.45, 2.75) is 20.3 Å². The number of allylic oxidation sites excluding steroid dienone is 1. The van der Waals surface area contributed by atoms with Crippen LogP contribution >= 0.6 is 11.3 Å². The summed E-state index contributed by atoms with van der Waals surface area (Å²) in [7, 11) is 0. The van der Waals surface area contributed by atoms with Gasteiger partial charge in [0.1, 0.15) is 0 Å². The first-order valence-electron chi connectivity index (χ1n) is 15.6. The number of hydrogen-bond acceptors (Lipinski definition) is 3. The van der Waals surface area contributed by atoms with Crippen LogP contribution in [0.5, 0.6) is 0 Å². The van der Waals surface area contributed by atoms with Crippen molar-refractivity contribution in [3.8, 4) is 39.6 Å². The lowest BCUT2D eigenvalue weighted by molar-refractivity contribution is 1.11. The quantitative estimate of drug-likeness (QED) is 0.203. The van der Waals surface area contributed by atoms with Crippen LogP contribution in [-0.4, -0.2) is 14.5 Å². The van der Waals surface area contributed by atoms with E-state index in [1.165, 1.54) is 47.9 Å². The van der Waals surface area contributed by atoms with E-state index in [1.807, 2.05) is 25.2 Å². The maximum Gasteiger partial charge on any atom is 0.160 e. The molecule has 0 saturated carbocycles. The zero-order valence-electron chi connectivity index (χ0n) is 25.2. The third-order valence-corrected chi connectivity index (χ3v) is 9.58. The Morgan fingerprint density at radius 3 is 1.98 bits per heavy atom. The van der Waals surface area contributed by atoms with Crippen molar-refractivity contribution in [3.05, 3.63) is 144 Å². The Balaban J connectivity index is 0.00000147. The van der Waals surface area contributed by atoms with Crippen LogP contribution in [0.3, 0.4) is 0 Å². The Bertz CT molecular complexity index is 2320. The van der Waals surface area contributed by atoms with Crippen molar-refractivity contribution in [2.24, 2.45) is 0 Å². The highest BCUT2D eigenvalue weighted by atomic mass is 32.1. The second-order valence-corrected chi connectivity index (χ2v) is 12.0. The van der Waals surface area contributed by atoms with Crippen LogP contribution in [-0.2, 0) is 6.42 Å². The van der Waals surface area contributed by atoms with E-state index in [-0.39, 0.29) is 0 Å². The molecule has 0 aliphatic heterocycles. The summed E-state index contributed by atoms with van der Waals surface area (Å²) in [5.74, 6) is 0.739. The fourth-order valence-corrected chi connectivity index (χ4v) is 7.68. The van der Waals surface area contributed by atoms with Crippen LogP contribution in [0.1, 0.15) is 24.3 Å². The van der Waals surface area contributed by atoms with E-state index in [9.17, 15) is 0 Å². The van der Waals surface area contributed by atoms with E-state index >= 15 is 0 Å². The summed E-state index contributed by atoms with van der Waals surface area (Å²) in [6, 6.07) is 45.1. The van der Waals surface area contributed by atoms with E-state index < -0.39 is 0 Å². The number of nitrogens with zero attached hydrogens (tertiary/aromatic N) is 3. The third-order valence-electron chi connectivity index (χ3n) is 8.45. The summed E-state index contributed by atoms with van der Waals surface area (Å²) in [5, 5.41) is 3.75. The SMILES string of the molecule is C1=Cc2sc3ccccc3c2-c2nc(-c3cccc(-n4c5ccccc5c5ccccc54)c3)nc(-c3ccccc3)c2C1.CC. The molecule has 1 aliphatic rings. The van der Waals surface area contributed by atoms with Gasteiger partial charge in [-0.3, -0.25) is 0 Å². The first kappa shape index (κ1) is 27.2. The second kappa shape index (κ2) is 11.3. The van der Waals surface area contributed by atoms with Crippen LogP contribution in [0, 0.1) is 0 Å². The number of benzene rings is 5. The average Bonchev–Trinajstić information content (AvgIpc) is 3.59. The second-order valence-electron chi connectivity index (χ2n) is 11.0. The molecule has 0 bridgehead atoms. The first-order chi connectivity index (χ1) is 22.3. The number of hydrogen-bond donors (Lipinski definition) is 0. The topological polar surface area (TPSA) is 30.7 Å². The van der Waals surface area contributed by atoms with Gasteiger partial charge < -0.3 is 4.57 Å². The predicted octanol–water partition coefficient (Wildman–Crippen LogP) is 11.4. The van der Waals surface area contributed by atoms with Gasteiger partial charge in [-0.05, 0) is 42.8 Å². The molecular weight excluding hydrogens is 567 g/mol. The van der Waals surface area contributed by atoms with Gasteiger partial charge in [-0.15, -0.1) is 11.3 Å². The van der Waals surface area contributed by atoms with Crippen molar-refractivity contribution >= 4 is 49.3 Å². The molecule has 0 amide bonds. The van der Waals surface area contributed by atoms with E-state index in [4.69, 9.17) is 9.97 Å². The van der Waals surface area contributed by atoms with Crippen LogP contribution < -0.4 is 0 Å². The van der Waals surface area contributed by atoms with Crippen LogP contribution in [0.2, 0.25) is 0 Å². The third kappa shape index (κ3) is 4.49. The van der Waals surface area contributed by atoms with E-state index in [1.54, 1.807) is 0 Å². The standard InChI is InChI=1S/C39H25N3S.C2H6/c1-2-12-25(13-3-1)37-31-19-11-23-35-36(30-18-6-9-22-34(30)43-35)38(31)41-39(40-37)26-14-10-15-27(24-26)42-32-20-7-4-16-28(32)29-17-5-8-21-33(29)42;1-2/h1-18,20-24H,19H2;1-2H3. The lowest BCUT2D eigenvalue weighted by atomic mass is 9.97. The van der Waals surface area contributed by atoms with Crippen molar-refractivity contribution < 1.29 is 0 Å². The zero-order valence-corrected chi connectivity index (χ0v) is 26.1. The molecule has 8 aromatic rings. The summed E-state index contributed by atoms with van der Waals surface area (Å²) in [5.41, 5.74) is 9.99. The lowest BCUT2D eigenvalue weighted by Crippen LogP contribution is -2.03. The Morgan fingerprint density at radius 2 is 1.22 bits per heavy atom. The molecular formula is C41H31N3S. The molecule has 9 rings (SSSR count). The van der Waals surface area contributed by atoms with Gasteiger partial charge >= 0.3 is 0 Å². The lowest BCUT2D eigenvalue weighted by Gasteiger charge is -2.16. The Morgan fingerprint density at radius 1 is 0.600 bits per heavy atom. The van der Waals surface area contributed by atoms with Gasteiger partial charge in [-0.1, -0.05) is 117 Å². The molecule has 0 unspecified atom stereocenters. The molecule has 5 aromatic carbocycles. The summed E-state index contributed by atoms with van der Waals surface area (Å²) >= 11 is 1.83. The number of thiophene rings is 1. The Labute approximate surface area is 266 Å². The minimum atomic E-state index is 0.739. The van der Waals surface area contributed by atoms with Crippen molar-refractivity contribution in [1.29, 1.82) is 0 Å². The van der Waals surface area contributed by atoms with Crippen LogP contribution in [0.25, 0.3) is 77.6 Å². The molecule has 0 atom stereocenters. The highest BCUT2D eigenvalue weighted by Crippen LogP contribution is 2.44. The molecule has 0 N–H and O–H groups in total. The van der Waals surface area contributed by atoms with Crippen molar-refractivity contribution in [3.63, 3.8) is 0 Å². The maximum atomic E-state index is 5.39. The normalized spacial score (nSPS) is 12.0. The maximum absolute atomic E-state index is 5.39. The molecule has 0 saturated heterocycles. The molecule has 1 aliphatic carbocycles. The number of rotatable bonds is 3. The minimum Gasteiger partial charge on any atom is -0.309 e. The predicted molar refractivity (Wildman–Crippen MR) is 192 cm³/mol. The van der Waals surface area contributed by atoms with Crippen LogP contribution in [0.4, 0.5) is 0 Å². The molecule has 3 heterocycles. The smallest absolute Gasteiger partial charge is 0.160 e. The van der Waals surface area contributed by atoms with E-state index in [2.05, 4.69) is 144 Å². The van der Waals surface area contributed by atoms with Gasteiger partial charge in [-0.2, -0.15) is 0 Å². The summed E-state index contributed by atoms with van der Waals surface area (Å²) in [4.78, 5) is 11.9. The van der Waals surface area contributed by atoms with Gasteiger partial charge in [0, 0.05) is 53.7 Å². The average molecular weight is 598 g/mol. The molecule has 3 nitrogen and oxygen atoms in total. The molecule has 0 radical (unpaired) electrons. The summed E-state index contributed by atoms with van der Waals surface area (Å²) in [6.07, 6.45) is 5.31. The van der Waals surface area contributed by atoms with Crippen LogP contribution in [0.15, 0.2) is 133 Å². The minimum absolute atomic E-state index is 0.739. The van der Waals surface area contributed by atoms with E-state index in [0.29, 0.717) is 0 Å². The molecule has 3 aromatic heterocycles. The fraction of sp³-hybridized carbons (Fsp3) is 0.0732. The van der Waals surface area contributed by atoms with Crippen molar-refractivity contribution in [1.82, 2.24) is 14.5 Å². The first-order valence-corrected chi connectivity index (χ1v) is 16.4.